The van der Waals surface area contributed by atoms with E-state index in [4.69, 9.17) is 38.5 Å². The molecular formula is C32H57N7O13P+. The van der Waals surface area contributed by atoms with Crippen LogP contribution in [0.1, 0.15) is 58.3 Å². The van der Waals surface area contributed by atoms with Gasteiger partial charge in [-0.25, -0.2) is 9.59 Å². The molecule has 0 aromatic carbocycles. The summed E-state index contributed by atoms with van der Waals surface area (Å²) in [4.78, 5) is 58.0. The van der Waals surface area contributed by atoms with Crippen molar-refractivity contribution >= 4 is 38.0 Å². The van der Waals surface area contributed by atoms with Crippen LogP contribution in [0.25, 0.3) is 0 Å². The molecule has 0 bridgehead atoms. The molecule has 0 aromatic rings. The van der Waals surface area contributed by atoms with Gasteiger partial charge < -0.3 is 50.1 Å². The van der Waals surface area contributed by atoms with Gasteiger partial charge in [0, 0.05) is 49.0 Å². The topological polar surface area (TPSA) is 268 Å². The molecule has 3 rings (SSSR count). The third-order valence-corrected chi connectivity index (χ3v) is 9.32. The number of unbranched alkanes of at least 4 members (excludes halogenated alkanes) is 2. The van der Waals surface area contributed by atoms with Gasteiger partial charge in [-0.15, -0.1) is 9.42 Å². The van der Waals surface area contributed by atoms with Crippen LogP contribution in [-0.4, -0.2) is 154 Å². The average molecular weight is 779 g/mol. The zero-order chi connectivity index (χ0) is 38.4. The lowest BCUT2D eigenvalue weighted by atomic mass is 9.98. The number of nitrogens with one attached hydrogen (secondary N) is 6. The van der Waals surface area contributed by atoms with Gasteiger partial charge in [0.15, 0.2) is 12.3 Å². The maximum absolute atomic E-state index is 12.4. The highest BCUT2D eigenvalue weighted by molar-refractivity contribution is 7.32. The van der Waals surface area contributed by atoms with Crippen molar-refractivity contribution in [2.24, 2.45) is 5.92 Å². The van der Waals surface area contributed by atoms with Crippen molar-refractivity contribution in [2.75, 3.05) is 79.1 Å². The molecule has 0 aromatic heterocycles. The lowest BCUT2D eigenvalue weighted by Gasteiger charge is -2.37. The van der Waals surface area contributed by atoms with Crippen LogP contribution < -0.4 is 26.6 Å². The summed E-state index contributed by atoms with van der Waals surface area (Å²) in [6.45, 7) is 5.66. The van der Waals surface area contributed by atoms with Crippen LogP contribution >= 0.6 is 8.25 Å². The normalized spacial score (nSPS) is 24.5. The molecule has 7 atom stereocenters. The van der Waals surface area contributed by atoms with E-state index in [-0.39, 0.29) is 67.9 Å². The highest BCUT2D eigenvalue weighted by Crippen LogP contribution is 2.29. The van der Waals surface area contributed by atoms with E-state index in [0.717, 1.165) is 25.7 Å². The first-order valence-electron chi connectivity index (χ1n) is 18.2. The van der Waals surface area contributed by atoms with Crippen LogP contribution in [0.2, 0.25) is 0 Å². The van der Waals surface area contributed by atoms with Gasteiger partial charge in [0.1, 0.15) is 11.9 Å². The number of aliphatic hydroxyl groups is 1. The number of hydrogen-bond acceptors (Lipinski definition) is 13. The van der Waals surface area contributed by atoms with Crippen molar-refractivity contribution < 1.29 is 62.0 Å². The van der Waals surface area contributed by atoms with E-state index in [1.54, 1.807) is 0 Å². The zero-order valence-corrected chi connectivity index (χ0v) is 31.3. The molecule has 3 fully saturated rings. The predicted octanol–water partition coefficient (Wildman–Crippen LogP) is -0.153. The molecule has 3 aliphatic rings. The highest BCUT2D eigenvalue weighted by atomic mass is 31.1. The van der Waals surface area contributed by atoms with Crippen LogP contribution in [0.4, 0.5) is 9.59 Å². The molecule has 21 heteroatoms. The van der Waals surface area contributed by atoms with Crippen LogP contribution in [-0.2, 0) is 42.4 Å². The minimum atomic E-state index is -2.95. The smallest absolute Gasteiger partial charge is 0.385 e. The Morgan fingerprint density at radius 3 is 2.19 bits per heavy atom. The Morgan fingerprint density at radius 1 is 0.887 bits per heavy atom. The number of aliphatic hydroxyl groups excluding tert-OH is 1. The SMILES string of the molecule is C[C@@H]1NC(=O)N[C@@H]1CCCCCC(=O)NCCOCCOCCOCCOCCC(=O)NCCCC1CN([C@@H]2OCC(O[P+](=O)O)C2O)C(=O)NC1=N. The second kappa shape index (κ2) is 25.1. The van der Waals surface area contributed by atoms with Gasteiger partial charge in [-0.05, 0) is 32.6 Å². The number of nitrogens with zero attached hydrogens (tertiary/aromatic N) is 1. The number of ether oxygens (including phenoxy) is 5. The van der Waals surface area contributed by atoms with Gasteiger partial charge in [-0.3, -0.25) is 25.2 Å². The van der Waals surface area contributed by atoms with Gasteiger partial charge in [-0.2, -0.15) is 0 Å². The monoisotopic (exact) mass is 778 g/mol. The van der Waals surface area contributed by atoms with Crippen LogP contribution in [0, 0.1) is 11.3 Å². The number of carbonyl (C=O) groups is 4. The minimum absolute atomic E-state index is 0.00410. The van der Waals surface area contributed by atoms with E-state index in [1.807, 2.05) is 6.92 Å². The Labute approximate surface area is 310 Å². The van der Waals surface area contributed by atoms with E-state index in [0.29, 0.717) is 78.6 Å². The highest BCUT2D eigenvalue weighted by Gasteiger charge is 2.48. The quantitative estimate of drug-likeness (QED) is 0.0380. The Hall–Kier alpha value is -3.07. The van der Waals surface area contributed by atoms with Gasteiger partial charge in [0.2, 0.25) is 11.8 Å². The maximum Gasteiger partial charge on any atom is 0.695 e. The molecule has 0 aliphatic carbocycles. The molecule has 0 spiro atoms. The lowest BCUT2D eigenvalue weighted by Crippen LogP contribution is -2.60. The Kier molecular flexibility index (Phi) is 21.0. The van der Waals surface area contributed by atoms with Crippen molar-refractivity contribution in [3.8, 4) is 0 Å². The fourth-order valence-corrected chi connectivity index (χ4v) is 6.36. The van der Waals surface area contributed by atoms with Gasteiger partial charge in [0.05, 0.1) is 65.5 Å². The third-order valence-electron chi connectivity index (χ3n) is 8.87. The van der Waals surface area contributed by atoms with E-state index in [1.165, 1.54) is 4.90 Å². The summed E-state index contributed by atoms with van der Waals surface area (Å²) in [5.41, 5.74) is 0. The molecular weight excluding hydrogens is 721 g/mol. The van der Waals surface area contributed by atoms with E-state index >= 15 is 0 Å². The standard InChI is InChI=1S/C32H56N7O13P/c1-22-24(37-31(43)36-22)7-3-2-4-8-26(40)35-11-13-48-15-17-50-19-18-49-16-14-47-12-9-27(41)34-10-5-6-23-20-39(32(44)38-29(23)33)30-28(42)25(21-51-30)52-53(45)46/h22-25,28,30,42H,2-21H2,1H3,(H6-,33,34,35,36,37,38,40,41,43,44,45,46)/p+1/t22-,23?,24+,25?,28?,30+/m0/s1. The molecule has 302 valence electrons. The van der Waals surface area contributed by atoms with Gasteiger partial charge in [0.25, 0.3) is 0 Å². The van der Waals surface area contributed by atoms with E-state index in [2.05, 4.69) is 26.6 Å². The number of urea groups is 2. The number of hydrogen-bond donors (Lipinski definition) is 8. The minimum Gasteiger partial charge on any atom is -0.385 e. The Bertz CT molecular complexity index is 1190. The largest absolute Gasteiger partial charge is 0.695 e. The lowest BCUT2D eigenvalue weighted by molar-refractivity contribution is -0.122. The second-order valence-electron chi connectivity index (χ2n) is 12.9. The van der Waals surface area contributed by atoms with Gasteiger partial charge in [-0.1, -0.05) is 12.8 Å². The van der Waals surface area contributed by atoms with Crippen LogP contribution in [0.3, 0.4) is 0 Å². The molecule has 4 unspecified atom stereocenters. The first-order chi connectivity index (χ1) is 25.5. The first kappa shape index (κ1) is 44.3. The third kappa shape index (κ3) is 17.3. The summed E-state index contributed by atoms with van der Waals surface area (Å²) < 4.78 is 43.0. The molecule has 8 N–H and O–H groups in total. The summed E-state index contributed by atoms with van der Waals surface area (Å²) in [6.07, 6.45) is 1.82. The molecule has 20 nitrogen and oxygen atoms in total. The first-order valence-corrected chi connectivity index (χ1v) is 19.4. The molecule has 6 amide bonds. The number of amides is 6. The molecule has 3 aliphatic heterocycles. The summed E-state index contributed by atoms with van der Waals surface area (Å²) in [7, 11) is -2.95. The molecule has 0 saturated carbocycles. The van der Waals surface area contributed by atoms with Crippen molar-refractivity contribution in [3.05, 3.63) is 0 Å². The van der Waals surface area contributed by atoms with Crippen molar-refractivity contribution in [1.29, 1.82) is 5.41 Å². The summed E-state index contributed by atoms with van der Waals surface area (Å²) in [5.74, 6) is -0.523. The van der Waals surface area contributed by atoms with Crippen LogP contribution in [0.15, 0.2) is 0 Å². The predicted molar refractivity (Wildman–Crippen MR) is 188 cm³/mol. The molecule has 3 saturated heterocycles. The molecule has 3 heterocycles. The Morgan fingerprint density at radius 2 is 1.53 bits per heavy atom. The molecule has 53 heavy (non-hydrogen) atoms. The van der Waals surface area contributed by atoms with Crippen molar-refractivity contribution in [1.82, 2.24) is 31.5 Å². The average Bonchev–Trinajstić information content (AvgIpc) is 3.63. The molecule has 0 radical (unpaired) electrons. The Balaban J connectivity index is 1.05. The maximum atomic E-state index is 12.4. The number of amidine groups is 1. The number of rotatable bonds is 28. The second-order valence-corrected chi connectivity index (χ2v) is 13.6. The van der Waals surface area contributed by atoms with Gasteiger partial charge >= 0.3 is 20.3 Å². The van der Waals surface area contributed by atoms with Crippen molar-refractivity contribution in [2.45, 2.75) is 88.8 Å². The zero-order valence-electron chi connectivity index (χ0n) is 30.4. The van der Waals surface area contributed by atoms with E-state index < -0.39 is 32.7 Å². The fraction of sp³-hybridized carbons (Fsp3) is 0.844. The summed E-state index contributed by atoms with van der Waals surface area (Å²) in [6, 6.07) is -0.433. The van der Waals surface area contributed by atoms with Crippen molar-refractivity contribution in [3.63, 3.8) is 0 Å². The number of carbonyl (C=O) groups excluding carboxylic acids is 4. The van der Waals surface area contributed by atoms with E-state index in [9.17, 15) is 28.8 Å². The summed E-state index contributed by atoms with van der Waals surface area (Å²) >= 11 is 0. The fourth-order valence-electron chi connectivity index (χ4n) is 5.95. The summed E-state index contributed by atoms with van der Waals surface area (Å²) in [5, 5.41) is 32.4. The van der Waals surface area contributed by atoms with Crippen LogP contribution in [0.5, 0.6) is 0 Å².